The van der Waals surface area contributed by atoms with Gasteiger partial charge in [0.2, 0.25) is 5.91 Å². The molecule has 0 aromatic heterocycles. The lowest BCUT2D eigenvalue weighted by atomic mass is 9.84. The summed E-state index contributed by atoms with van der Waals surface area (Å²) in [6, 6.07) is 0. The summed E-state index contributed by atoms with van der Waals surface area (Å²) < 4.78 is 0. The second-order valence-electron chi connectivity index (χ2n) is 6.14. The predicted octanol–water partition coefficient (Wildman–Crippen LogP) is 0.622. The minimum Gasteiger partial charge on any atom is -0.396 e. The Hall–Kier alpha value is -0.870. The van der Waals surface area contributed by atoms with Crippen LogP contribution >= 0.6 is 0 Å². The van der Waals surface area contributed by atoms with Crippen LogP contribution in [0.1, 0.15) is 25.7 Å². The predicted molar refractivity (Wildman–Crippen MR) is 69.1 cm³/mol. The molecular weight excluding hydrogens is 228 g/mol. The molecule has 1 spiro atoms. The fourth-order valence-corrected chi connectivity index (χ4v) is 3.71. The molecule has 3 rings (SSSR count). The van der Waals surface area contributed by atoms with E-state index >= 15 is 0 Å². The summed E-state index contributed by atoms with van der Waals surface area (Å²) >= 11 is 0. The van der Waals surface area contributed by atoms with Crippen LogP contribution in [-0.4, -0.2) is 59.6 Å². The number of aliphatic hydroxyl groups is 1. The summed E-state index contributed by atoms with van der Waals surface area (Å²) in [5, 5.41) is 9.27. The molecule has 1 N–H and O–H groups in total. The van der Waals surface area contributed by atoms with Gasteiger partial charge in [-0.3, -0.25) is 9.69 Å². The minimum absolute atomic E-state index is 0.155. The van der Waals surface area contributed by atoms with Crippen molar-refractivity contribution in [2.45, 2.75) is 31.2 Å². The van der Waals surface area contributed by atoms with Crippen LogP contribution in [0.3, 0.4) is 0 Å². The number of allylic oxidation sites excluding steroid dienone is 1. The molecule has 1 atom stereocenters. The van der Waals surface area contributed by atoms with Gasteiger partial charge in [-0.05, 0) is 38.6 Å². The highest BCUT2D eigenvalue weighted by atomic mass is 16.3. The third-order valence-corrected chi connectivity index (χ3v) is 4.84. The van der Waals surface area contributed by atoms with Crippen molar-refractivity contribution in [3.63, 3.8) is 0 Å². The van der Waals surface area contributed by atoms with Crippen molar-refractivity contribution in [2.75, 3.05) is 33.3 Å². The summed E-state index contributed by atoms with van der Waals surface area (Å²) in [5.41, 5.74) is 1.17. The van der Waals surface area contributed by atoms with E-state index in [0.29, 0.717) is 5.92 Å². The van der Waals surface area contributed by atoms with Crippen LogP contribution in [0, 0.1) is 5.92 Å². The van der Waals surface area contributed by atoms with E-state index in [1.807, 2.05) is 4.90 Å². The number of hydrogen-bond donors (Lipinski definition) is 1. The van der Waals surface area contributed by atoms with Crippen molar-refractivity contribution in [1.82, 2.24) is 9.80 Å². The van der Waals surface area contributed by atoms with Crippen molar-refractivity contribution < 1.29 is 9.90 Å². The molecule has 0 saturated carbocycles. The zero-order valence-corrected chi connectivity index (χ0v) is 11.1. The third-order valence-electron chi connectivity index (χ3n) is 4.84. The summed E-state index contributed by atoms with van der Waals surface area (Å²) in [4.78, 5) is 16.5. The molecule has 2 aliphatic heterocycles. The van der Waals surface area contributed by atoms with Gasteiger partial charge in [0, 0.05) is 31.8 Å². The molecule has 0 bridgehead atoms. The quantitative estimate of drug-likeness (QED) is 0.781. The maximum absolute atomic E-state index is 12.2. The largest absolute Gasteiger partial charge is 0.396 e. The zero-order chi connectivity index (χ0) is 12.8. The highest BCUT2D eigenvalue weighted by Gasteiger charge is 2.53. The van der Waals surface area contributed by atoms with Crippen molar-refractivity contribution in [1.29, 1.82) is 0 Å². The molecule has 1 amide bonds. The molecule has 2 saturated heterocycles. The standard InChI is InChI=1S/C14H22N2O2/c1-15-7-11(8-17)6-14(15)9-16(10-14)13(18)12-4-2-3-5-12/h4,11,17H,2-3,5-10H2,1H3/t11-/m1/s1. The van der Waals surface area contributed by atoms with Gasteiger partial charge < -0.3 is 10.0 Å². The Morgan fingerprint density at radius 3 is 2.89 bits per heavy atom. The monoisotopic (exact) mass is 250 g/mol. The van der Waals surface area contributed by atoms with E-state index in [4.69, 9.17) is 0 Å². The van der Waals surface area contributed by atoms with Gasteiger partial charge >= 0.3 is 0 Å². The van der Waals surface area contributed by atoms with E-state index in [0.717, 1.165) is 50.9 Å². The van der Waals surface area contributed by atoms with Crippen LogP contribution in [0.15, 0.2) is 11.6 Å². The number of rotatable bonds is 2. The summed E-state index contributed by atoms with van der Waals surface area (Å²) in [6.07, 6.45) is 6.28. The van der Waals surface area contributed by atoms with Crippen LogP contribution in [0.25, 0.3) is 0 Å². The fraction of sp³-hybridized carbons (Fsp3) is 0.786. The van der Waals surface area contributed by atoms with Crippen LogP contribution in [-0.2, 0) is 4.79 Å². The van der Waals surface area contributed by atoms with Gasteiger partial charge in [0.25, 0.3) is 0 Å². The van der Waals surface area contributed by atoms with Crippen LogP contribution in [0.4, 0.5) is 0 Å². The molecule has 4 nitrogen and oxygen atoms in total. The second-order valence-corrected chi connectivity index (χ2v) is 6.14. The van der Waals surface area contributed by atoms with Gasteiger partial charge in [0.15, 0.2) is 0 Å². The molecule has 0 aromatic rings. The Morgan fingerprint density at radius 1 is 1.56 bits per heavy atom. The minimum atomic E-state index is 0.155. The van der Waals surface area contributed by atoms with E-state index < -0.39 is 0 Å². The van der Waals surface area contributed by atoms with Crippen LogP contribution in [0.2, 0.25) is 0 Å². The number of amides is 1. The van der Waals surface area contributed by atoms with Crippen LogP contribution < -0.4 is 0 Å². The number of likely N-dealkylation sites (N-methyl/N-ethyl adjacent to an activating group) is 1. The van der Waals surface area contributed by atoms with Crippen molar-refractivity contribution in [2.24, 2.45) is 5.92 Å². The lowest BCUT2D eigenvalue weighted by Crippen LogP contribution is -2.68. The summed E-state index contributed by atoms with van der Waals surface area (Å²) in [7, 11) is 2.12. The molecule has 18 heavy (non-hydrogen) atoms. The summed E-state index contributed by atoms with van der Waals surface area (Å²) in [5.74, 6) is 0.636. The molecule has 2 fully saturated rings. The Kier molecular flexibility index (Phi) is 2.94. The SMILES string of the molecule is CN1C[C@H](CO)CC12CN(C(=O)C1=CCCC1)C2. The molecule has 0 radical (unpaired) electrons. The highest BCUT2D eigenvalue weighted by molar-refractivity contribution is 5.94. The molecule has 2 heterocycles. The average molecular weight is 250 g/mol. The Balaban J connectivity index is 1.61. The molecule has 0 aromatic carbocycles. The van der Waals surface area contributed by atoms with Gasteiger partial charge in [-0.25, -0.2) is 0 Å². The second kappa shape index (κ2) is 4.35. The first-order valence-electron chi connectivity index (χ1n) is 6.95. The number of nitrogens with zero attached hydrogens (tertiary/aromatic N) is 2. The first kappa shape index (κ1) is 12.2. The fourth-order valence-electron chi connectivity index (χ4n) is 3.71. The van der Waals surface area contributed by atoms with Gasteiger partial charge in [-0.1, -0.05) is 6.08 Å². The topological polar surface area (TPSA) is 43.8 Å². The lowest BCUT2D eigenvalue weighted by Gasteiger charge is -2.52. The Morgan fingerprint density at radius 2 is 2.33 bits per heavy atom. The smallest absolute Gasteiger partial charge is 0.249 e. The first-order chi connectivity index (χ1) is 8.64. The zero-order valence-electron chi connectivity index (χ0n) is 11.1. The number of likely N-dealkylation sites (tertiary alicyclic amines) is 2. The molecule has 3 aliphatic rings. The number of aliphatic hydroxyl groups excluding tert-OH is 1. The Labute approximate surface area is 108 Å². The first-order valence-corrected chi connectivity index (χ1v) is 6.95. The normalized spacial score (nSPS) is 30.7. The van der Waals surface area contributed by atoms with Crippen molar-refractivity contribution >= 4 is 5.91 Å². The molecule has 4 heteroatoms. The maximum atomic E-state index is 12.2. The molecular formula is C14H22N2O2. The van der Waals surface area contributed by atoms with Crippen LogP contribution in [0.5, 0.6) is 0 Å². The maximum Gasteiger partial charge on any atom is 0.249 e. The van der Waals surface area contributed by atoms with Gasteiger partial charge in [-0.15, -0.1) is 0 Å². The molecule has 1 aliphatic carbocycles. The lowest BCUT2D eigenvalue weighted by molar-refractivity contribution is -0.139. The van der Waals surface area contributed by atoms with E-state index in [1.54, 1.807) is 0 Å². The van der Waals surface area contributed by atoms with E-state index in [2.05, 4.69) is 18.0 Å². The van der Waals surface area contributed by atoms with E-state index in [-0.39, 0.29) is 18.1 Å². The average Bonchev–Trinajstić information content (AvgIpc) is 2.93. The van der Waals surface area contributed by atoms with Gasteiger partial charge in [0.05, 0.1) is 5.54 Å². The third kappa shape index (κ3) is 1.79. The number of carbonyl (C=O) groups is 1. The van der Waals surface area contributed by atoms with Gasteiger partial charge in [-0.2, -0.15) is 0 Å². The molecule has 0 unspecified atom stereocenters. The molecule has 100 valence electrons. The van der Waals surface area contributed by atoms with Crippen molar-refractivity contribution in [3.05, 3.63) is 11.6 Å². The Bertz CT molecular complexity index is 385. The summed E-state index contributed by atoms with van der Waals surface area (Å²) in [6.45, 7) is 2.92. The van der Waals surface area contributed by atoms with E-state index in [1.165, 1.54) is 0 Å². The van der Waals surface area contributed by atoms with E-state index in [9.17, 15) is 9.90 Å². The van der Waals surface area contributed by atoms with Gasteiger partial charge in [0.1, 0.15) is 0 Å². The number of carbonyl (C=O) groups excluding carboxylic acids is 1. The highest BCUT2D eigenvalue weighted by Crippen LogP contribution is 2.40. The van der Waals surface area contributed by atoms with Crippen molar-refractivity contribution in [3.8, 4) is 0 Å². The number of hydrogen-bond acceptors (Lipinski definition) is 3.